The van der Waals surface area contributed by atoms with Crippen LogP contribution in [0, 0.1) is 59.2 Å². The number of hydrogen-bond acceptors (Lipinski definition) is 18. The van der Waals surface area contributed by atoms with Gasteiger partial charge in [0.2, 0.25) is 41.4 Å². The van der Waals surface area contributed by atoms with Crippen molar-refractivity contribution in [3.05, 3.63) is 69.2 Å². The summed E-state index contributed by atoms with van der Waals surface area (Å²) in [4.78, 5) is 128. The number of fused-ring (bicyclic) bond motifs is 7. The zero-order valence-corrected chi connectivity index (χ0v) is 57.2. The van der Waals surface area contributed by atoms with Crippen molar-refractivity contribution in [2.24, 2.45) is 94.7 Å². The van der Waals surface area contributed by atoms with Gasteiger partial charge < -0.3 is 84.0 Å². The fourth-order valence-electron chi connectivity index (χ4n) is 15.3. The number of nitrogens with one attached hydrogen (secondary N) is 1. The molecule has 0 spiro atoms. The van der Waals surface area contributed by atoms with Crippen LogP contribution in [-0.4, -0.2) is 133 Å². The van der Waals surface area contributed by atoms with E-state index in [9.17, 15) is 53.2 Å². The Kier molecular flexibility index (Phi) is 24.2. The number of rotatable bonds is 26. The zero-order valence-electron chi connectivity index (χ0n) is 54.4. The number of phosphoric acid groups is 1. The fourth-order valence-corrected chi connectivity index (χ4v) is 16.4. The maximum atomic E-state index is 14.4. The molecular weight excluding hydrogens is 1290 g/mol. The summed E-state index contributed by atoms with van der Waals surface area (Å²) < 4.78 is 31.9. The Hall–Kier alpha value is -6.24. The van der Waals surface area contributed by atoms with E-state index in [2.05, 4.69) is 10.3 Å². The number of phosphoric ester groups is 1. The number of nitrogens with two attached hydrogens (primary N) is 6. The number of carbonyl (C=O) groups is 7. The van der Waals surface area contributed by atoms with Gasteiger partial charge >= 0.3 is 16.8 Å². The van der Waals surface area contributed by atoms with Gasteiger partial charge in [-0.2, -0.15) is 5.70 Å². The second kappa shape index (κ2) is 29.0. The molecule has 2 aromatic rings. The molecule has 7 amide bonds. The molecule has 0 aliphatic carbocycles. The summed E-state index contributed by atoms with van der Waals surface area (Å²) in [7, 11) is -5.32. The Bertz CT molecular complexity index is 3550. The molecule has 0 saturated carbocycles. The van der Waals surface area contributed by atoms with Gasteiger partial charge in [0.25, 0.3) is 7.82 Å². The standard InChI is InChI=1S/C62H90N13O14P.ClH.Co.H2O/c1-29-20-39-40(21-30(29)2)75(28-70-39)57-52(84)53(41(27-76)87-57)89-90(85,86)88-31(3)26-69-49(83)18-19-59(8)37(22-46(66)80)56-62(11)61(10,25-48(68)82)36(14-17-45(65)79)51(74-62)33(5)55-60(9,24-47(67)81)34(12-15-43(63)77)38(71-55)23-42-58(6,7)35(13-16-44(64)78)50(72-42)32(4)54(59)73-56;;;/h20-21,23,28,31,34-37,41,52-53,56-57,76,84H,12-19,22,24-27H2,1-11H3,(H15,63,64,65,66,67,68,69,71,72,73,74,77,78,79,80,81,82,83,85,86);1H;;1H2/q;;+2;/p-2/t31?,34?,35?,36?,37?,41?,52?,53?,56?,57?,59-,60+,61+,62+;;;/m1.../s1. The Morgan fingerprint density at radius 2 is 1.38 bits per heavy atom. The molecule has 93 heavy (non-hydrogen) atoms. The number of aliphatic hydroxyl groups excluding tert-OH is 2. The largest absolute Gasteiger partial charge is 2.00 e. The van der Waals surface area contributed by atoms with Gasteiger partial charge in [0.15, 0.2) is 6.23 Å². The quantitative estimate of drug-likeness (QED) is 0.0612. The van der Waals surface area contributed by atoms with Gasteiger partial charge in [0.05, 0.1) is 41.3 Å². The van der Waals surface area contributed by atoms with Crippen molar-refractivity contribution >= 4 is 89.7 Å². The van der Waals surface area contributed by atoms with Gasteiger partial charge in [-0.15, -0.1) is 12.4 Å². The predicted octanol–water partition coefficient (Wildman–Crippen LogP) is 2.91. The van der Waals surface area contributed by atoms with Gasteiger partial charge in [-0.05, 0) is 119 Å². The third kappa shape index (κ3) is 14.9. The van der Waals surface area contributed by atoms with Crippen molar-refractivity contribution in [2.75, 3.05) is 13.2 Å². The monoisotopic (exact) mass is 1380 g/mol. The van der Waals surface area contributed by atoms with Crippen LogP contribution in [0.5, 0.6) is 0 Å². The molecule has 6 aliphatic heterocycles. The third-order valence-corrected chi connectivity index (χ3v) is 21.6. The molecule has 1 aromatic carbocycles. The maximum Gasteiger partial charge on any atom is 2.00 e. The van der Waals surface area contributed by atoms with E-state index < -0.39 is 143 Å². The first-order valence-corrected chi connectivity index (χ1v) is 32.0. The van der Waals surface area contributed by atoms with E-state index >= 15 is 0 Å². The Morgan fingerprint density at radius 1 is 0.796 bits per heavy atom. The average Bonchev–Trinajstić information content (AvgIpc) is 1.53. The molecule has 28 nitrogen and oxygen atoms in total. The van der Waals surface area contributed by atoms with Gasteiger partial charge in [0.1, 0.15) is 18.3 Å². The topological polar surface area (TPSA) is 496 Å². The number of allylic oxidation sites excluding steroid dienone is 6. The minimum absolute atomic E-state index is 0. The second-order valence-corrected chi connectivity index (χ2v) is 28.3. The van der Waals surface area contributed by atoms with Crippen molar-refractivity contribution in [3.8, 4) is 0 Å². The molecule has 8 rings (SSSR count). The van der Waals surface area contributed by atoms with Crippen molar-refractivity contribution in [1.82, 2.24) is 14.9 Å². The molecule has 31 heteroatoms. The van der Waals surface area contributed by atoms with Crippen LogP contribution < -0.4 is 44.6 Å². The molecule has 1 aromatic heterocycles. The number of ether oxygens (including phenoxy) is 1. The second-order valence-electron chi connectivity index (χ2n) is 27.0. The summed E-state index contributed by atoms with van der Waals surface area (Å²) in [6.45, 7) is 19.0. The minimum atomic E-state index is -5.32. The van der Waals surface area contributed by atoms with Gasteiger partial charge in [-0.25, -0.2) is 4.98 Å². The molecule has 2 saturated heterocycles. The molecule has 15 atom stereocenters. The number of aliphatic imine (C=N–C) groups is 3. The van der Waals surface area contributed by atoms with E-state index in [1.165, 1.54) is 17.8 Å². The number of imidazole rings is 1. The van der Waals surface area contributed by atoms with Gasteiger partial charge in [-0.1, -0.05) is 40.7 Å². The van der Waals surface area contributed by atoms with Crippen molar-refractivity contribution in [2.45, 2.75) is 189 Å². The number of hydrogen-bond donors (Lipinski definition) is 9. The molecule has 1 radical (unpaired) electrons. The molecule has 2 fully saturated rings. The van der Waals surface area contributed by atoms with Crippen LogP contribution in [0.4, 0.5) is 0 Å². The first-order chi connectivity index (χ1) is 41.8. The molecule has 7 heterocycles. The van der Waals surface area contributed by atoms with Crippen LogP contribution in [0.1, 0.15) is 150 Å². The summed E-state index contributed by atoms with van der Waals surface area (Å²) in [5.74, 6) is -7.40. The van der Waals surface area contributed by atoms with E-state index in [1.807, 2.05) is 80.5 Å². The molecule has 11 unspecified atom stereocenters. The summed E-state index contributed by atoms with van der Waals surface area (Å²) in [5.41, 5.74) is 36.7. The van der Waals surface area contributed by atoms with Crippen molar-refractivity contribution in [1.29, 1.82) is 0 Å². The van der Waals surface area contributed by atoms with E-state index in [1.54, 1.807) is 6.92 Å². The first-order valence-electron chi connectivity index (χ1n) is 30.5. The van der Waals surface area contributed by atoms with E-state index in [0.717, 1.165) is 11.1 Å². The summed E-state index contributed by atoms with van der Waals surface area (Å²) in [5, 5.41) is 30.1. The number of aromatic nitrogens is 2. The van der Waals surface area contributed by atoms with Crippen LogP contribution >= 0.6 is 20.2 Å². The number of carbonyl (C=O) groups excluding carboxylic acids is 7. The average molecular weight is 1380 g/mol. The van der Waals surface area contributed by atoms with Crippen molar-refractivity contribution in [3.63, 3.8) is 0 Å². The Morgan fingerprint density at radius 3 is 1.95 bits per heavy atom. The normalized spacial score (nSPS) is 31.0. The third-order valence-electron chi connectivity index (χ3n) is 20.5. The van der Waals surface area contributed by atoms with Gasteiger partial charge in [0, 0.05) is 108 Å². The molecule has 6 aliphatic rings. The number of amides is 7. The first kappa shape index (κ1) is 77.5. The minimum Gasteiger partial charge on any atom is -0.756 e. The number of aliphatic hydroxyl groups is 2. The summed E-state index contributed by atoms with van der Waals surface area (Å²) in [6.07, 6.45) is -4.79. The number of halogens is 1. The van der Waals surface area contributed by atoms with Crippen LogP contribution in [0.15, 0.2) is 67.8 Å². The van der Waals surface area contributed by atoms with Crippen LogP contribution in [-0.2, 0) is 68.7 Å². The molecular formula is C62H91ClCoN13O15P. The van der Waals surface area contributed by atoms with E-state index in [4.69, 9.17) is 68.5 Å². The zero-order chi connectivity index (χ0) is 66.7. The Balaban J connectivity index is 0.00000523. The smallest absolute Gasteiger partial charge is 0.756 e. The van der Waals surface area contributed by atoms with E-state index in [0.29, 0.717) is 56.4 Å². The van der Waals surface area contributed by atoms with Crippen LogP contribution in [0.2, 0.25) is 0 Å². The predicted molar refractivity (Wildman–Crippen MR) is 342 cm³/mol. The molecule has 17 N–H and O–H groups in total. The summed E-state index contributed by atoms with van der Waals surface area (Å²) >= 11 is 0. The number of primary amides is 6. The Labute approximate surface area is 557 Å². The number of benzene rings is 1. The molecule has 8 bridgehead atoms. The van der Waals surface area contributed by atoms with E-state index in [-0.39, 0.29) is 112 Å². The summed E-state index contributed by atoms with van der Waals surface area (Å²) in [6, 6.07) is 2.65. The van der Waals surface area contributed by atoms with Crippen molar-refractivity contribution < 1.29 is 89.3 Å². The fraction of sp³-hybridized carbons (Fsp3) is 0.629. The maximum absolute atomic E-state index is 14.4. The number of aryl methyl sites for hydroxylation is 2. The number of nitrogens with zero attached hydrogens (tertiary/aromatic N) is 6. The molecule has 515 valence electrons. The van der Waals surface area contributed by atoms with Crippen LogP contribution in [0.3, 0.4) is 0 Å². The van der Waals surface area contributed by atoms with Crippen LogP contribution in [0.25, 0.3) is 16.4 Å². The SMILES string of the molecule is CC1=C2[N-]C(C(CC(N)=O)[C@@]2(C)CCC(=O)NCC(C)OP(=O)([O-])OC2C(CO)OC(n3cnc4cc(C)c(C)cc43)C2O)[C@]2(C)N=C(C(C)=C3N=C(C=C4N=C1C(CCC(N)=O)C4(C)C)C(CCC(N)=O)[C@]3(C)CC(N)=O)C(CCC(N)=O)[C@]2(C)CC(N)=O.Cl.O.[Co+2]. The van der Waals surface area contributed by atoms with Gasteiger partial charge in [-0.3, -0.25) is 53.1 Å².